The summed E-state index contributed by atoms with van der Waals surface area (Å²) in [5.74, 6) is 2.18. The Morgan fingerprint density at radius 1 is 1.03 bits per heavy atom. The lowest BCUT2D eigenvalue weighted by molar-refractivity contribution is -0.135. The predicted molar refractivity (Wildman–Crippen MR) is 154 cm³/mol. The first-order valence-electron chi connectivity index (χ1n) is 14.9. The topological polar surface area (TPSA) is 46.2 Å². The third-order valence-corrected chi connectivity index (χ3v) is 15.0. The first-order chi connectivity index (χ1) is 17.2. The van der Waals surface area contributed by atoms with E-state index < -0.39 is 8.32 Å². The second kappa shape index (κ2) is 12.5. The zero-order valence-electron chi connectivity index (χ0n) is 25.7. The van der Waals surface area contributed by atoms with Crippen molar-refractivity contribution in [3.63, 3.8) is 0 Å². The van der Waals surface area contributed by atoms with Gasteiger partial charge in [-0.05, 0) is 93.7 Å². The highest BCUT2D eigenvalue weighted by molar-refractivity contribution is 6.74. The van der Waals surface area contributed by atoms with Crippen molar-refractivity contribution in [2.24, 2.45) is 29.1 Å². The summed E-state index contributed by atoms with van der Waals surface area (Å²) in [4.78, 5) is 0. The number of ether oxygens (including phenoxy) is 4. The Morgan fingerprint density at radius 2 is 1.70 bits per heavy atom. The van der Waals surface area contributed by atoms with Crippen molar-refractivity contribution in [2.45, 2.75) is 130 Å². The van der Waals surface area contributed by atoms with Crippen molar-refractivity contribution in [1.82, 2.24) is 0 Å². The minimum atomic E-state index is -1.78. The molecule has 2 saturated carbocycles. The zero-order chi connectivity index (χ0) is 27.5. The molecule has 0 bridgehead atoms. The van der Waals surface area contributed by atoms with Crippen molar-refractivity contribution >= 4 is 8.32 Å². The molecule has 2 aliphatic carbocycles. The van der Waals surface area contributed by atoms with E-state index in [9.17, 15) is 0 Å². The second-order valence-electron chi connectivity index (χ2n) is 14.4. The molecule has 216 valence electrons. The molecule has 5 nitrogen and oxygen atoms in total. The summed E-state index contributed by atoms with van der Waals surface area (Å²) in [5.41, 5.74) is 0.0397. The molecule has 3 fully saturated rings. The summed E-state index contributed by atoms with van der Waals surface area (Å²) in [7, 11) is -0.0886. The summed E-state index contributed by atoms with van der Waals surface area (Å²) in [6.07, 6.45) is 13.6. The monoisotopic (exact) mass is 538 g/mol. The standard InChI is InChI=1S/C31H58O5Si/c1-23(13-14-24(30(5,6)35-22-32-8)15-18-28-33-20-21-34-28)25-16-17-26-27(12-11-19-31(25,26)7)36-37(9,10)29(2,3)4/h13-14,23-28H,11-12,15-22H2,1-10H3/b14-13+/t23-,24-,25-,26+,27+,31-/m1/s1. The summed E-state index contributed by atoms with van der Waals surface area (Å²) >= 11 is 0. The van der Waals surface area contributed by atoms with Crippen LogP contribution in [-0.4, -0.2) is 53.4 Å². The fourth-order valence-electron chi connectivity index (χ4n) is 7.05. The van der Waals surface area contributed by atoms with E-state index >= 15 is 0 Å². The van der Waals surface area contributed by atoms with Gasteiger partial charge in [-0.1, -0.05) is 53.2 Å². The highest BCUT2D eigenvalue weighted by Crippen LogP contribution is 2.59. The van der Waals surface area contributed by atoms with Crippen LogP contribution in [0.1, 0.15) is 93.4 Å². The number of allylic oxidation sites excluding steroid dienone is 1. The van der Waals surface area contributed by atoms with Crippen molar-refractivity contribution in [1.29, 1.82) is 0 Å². The molecule has 6 atom stereocenters. The molecule has 1 heterocycles. The molecule has 0 aromatic rings. The molecular weight excluding hydrogens is 480 g/mol. The van der Waals surface area contributed by atoms with Gasteiger partial charge in [0.15, 0.2) is 14.6 Å². The van der Waals surface area contributed by atoms with E-state index in [1.165, 1.54) is 32.1 Å². The summed E-state index contributed by atoms with van der Waals surface area (Å²) in [6.45, 7) is 23.0. The van der Waals surface area contributed by atoms with Gasteiger partial charge in [0, 0.05) is 19.1 Å². The molecule has 3 aliphatic rings. The van der Waals surface area contributed by atoms with Crippen LogP contribution in [0.3, 0.4) is 0 Å². The molecule has 0 spiro atoms. The minimum absolute atomic E-state index is 0.0823. The fourth-order valence-corrected chi connectivity index (χ4v) is 8.44. The molecule has 0 amide bonds. The highest BCUT2D eigenvalue weighted by Gasteiger charge is 2.54. The Bertz CT molecular complexity index is 738. The first kappa shape index (κ1) is 31.3. The van der Waals surface area contributed by atoms with Crippen molar-refractivity contribution in [3.05, 3.63) is 12.2 Å². The van der Waals surface area contributed by atoms with Gasteiger partial charge >= 0.3 is 0 Å². The van der Waals surface area contributed by atoms with Crippen LogP contribution in [0.2, 0.25) is 18.1 Å². The van der Waals surface area contributed by atoms with Gasteiger partial charge in [-0.3, -0.25) is 0 Å². The van der Waals surface area contributed by atoms with Gasteiger partial charge in [0.25, 0.3) is 0 Å². The largest absolute Gasteiger partial charge is 0.414 e. The Morgan fingerprint density at radius 3 is 2.32 bits per heavy atom. The molecule has 0 unspecified atom stereocenters. The highest BCUT2D eigenvalue weighted by atomic mass is 28.4. The average Bonchev–Trinajstić information content (AvgIpc) is 3.44. The van der Waals surface area contributed by atoms with E-state index in [1.807, 2.05) is 0 Å². The van der Waals surface area contributed by atoms with Crippen LogP contribution in [-0.2, 0) is 23.4 Å². The van der Waals surface area contributed by atoms with Crippen molar-refractivity contribution in [3.8, 4) is 0 Å². The number of fused-ring (bicyclic) bond motifs is 1. The summed E-state index contributed by atoms with van der Waals surface area (Å²) in [5, 5.41) is 0.260. The van der Waals surface area contributed by atoms with E-state index in [4.69, 9.17) is 23.4 Å². The molecule has 3 rings (SSSR count). The maximum absolute atomic E-state index is 7.08. The minimum Gasteiger partial charge on any atom is -0.414 e. The zero-order valence-corrected chi connectivity index (χ0v) is 26.7. The smallest absolute Gasteiger partial charge is 0.192 e. The van der Waals surface area contributed by atoms with E-state index in [0.29, 0.717) is 49.3 Å². The third-order valence-electron chi connectivity index (χ3n) is 10.5. The van der Waals surface area contributed by atoms with E-state index in [-0.39, 0.29) is 22.8 Å². The van der Waals surface area contributed by atoms with Crippen molar-refractivity contribution < 1.29 is 23.4 Å². The predicted octanol–water partition coefficient (Wildman–Crippen LogP) is 7.95. The molecule has 0 aromatic heterocycles. The maximum Gasteiger partial charge on any atom is 0.192 e. The quantitative estimate of drug-likeness (QED) is 0.143. The SMILES string of the molecule is COCOC(C)(C)[C@H](/C=C/[C@@H](C)[C@H]1CC[C@H]2[C@@H](O[Si](C)(C)C(C)(C)C)CCC[C@]12C)CCC1OCCO1. The van der Waals surface area contributed by atoms with Gasteiger partial charge in [0.2, 0.25) is 0 Å². The van der Waals surface area contributed by atoms with E-state index in [1.54, 1.807) is 7.11 Å². The van der Waals surface area contributed by atoms with E-state index in [2.05, 4.69) is 73.7 Å². The Labute approximate surface area is 229 Å². The lowest BCUT2D eigenvalue weighted by Crippen LogP contribution is -2.50. The molecular formula is C31H58O5Si. The average molecular weight is 539 g/mol. The third kappa shape index (κ3) is 7.49. The van der Waals surface area contributed by atoms with Crippen LogP contribution < -0.4 is 0 Å². The van der Waals surface area contributed by atoms with Crippen LogP contribution in [0.15, 0.2) is 12.2 Å². The lowest BCUT2D eigenvalue weighted by Gasteiger charge is -2.49. The molecule has 0 radical (unpaired) electrons. The molecule has 1 saturated heterocycles. The molecule has 1 aliphatic heterocycles. The molecule has 37 heavy (non-hydrogen) atoms. The van der Waals surface area contributed by atoms with Gasteiger partial charge in [0.05, 0.1) is 18.8 Å². The Hall–Kier alpha value is -0.243. The Balaban J connectivity index is 1.71. The first-order valence-corrected chi connectivity index (χ1v) is 17.8. The Kier molecular flexibility index (Phi) is 10.6. The summed E-state index contributed by atoms with van der Waals surface area (Å²) in [6, 6.07) is 0. The fraction of sp³-hybridized carbons (Fsp3) is 0.935. The van der Waals surface area contributed by atoms with Gasteiger partial charge in [-0.15, -0.1) is 0 Å². The van der Waals surface area contributed by atoms with Gasteiger partial charge < -0.3 is 23.4 Å². The number of hydrogen-bond donors (Lipinski definition) is 0. The summed E-state index contributed by atoms with van der Waals surface area (Å²) < 4.78 is 29.9. The van der Waals surface area contributed by atoms with Crippen LogP contribution in [0.4, 0.5) is 0 Å². The number of rotatable bonds is 12. The van der Waals surface area contributed by atoms with Crippen molar-refractivity contribution in [2.75, 3.05) is 27.1 Å². The molecule has 0 N–H and O–H groups in total. The van der Waals surface area contributed by atoms with Crippen LogP contribution >= 0.6 is 0 Å². The molecule has 6 heteroatoms. The van der Waals surface area contributed by atoms with Gasteiger partial charge in [0.1, 0.15) is 6.79 Å². The van der Waals surface area contributed by atoms with Crippen LogP contribution in [0, 0.1) is 29.1 Å². The maximum atomic E-state index is 7.08. The van der Waals surface area contributed by atoms with Gasteiger partial charge in [-0.25, -0.2) is 0 Å². The number of hydrogen-bond acceptors (Lipinski definition) is 5. The second-order valence-corrected chi connectivity index (χ2v) is 19.1. The van der Waals surface area contributed by atoms with Crippen LogP contribution in [0.5, 0.6) is 0 Å². The lowest BCUT2D eigenvalue weighted by atomic mass is 9.62. The normalized spacial score (nSPS) is 31.7. The molecule has 0 aromatic carbocycles. The van der Waals surface area contributed by atoms with Crippen LogP contribution in [0.25, 0.3) is 0 Å². The van der Waals surface area contributed by atoms with E-state index in [0.717, 1.165) is 12.8 Å². The van der Waals surface area contributed by atoms with Gasteiger partial charge in [-0.2, -0.15) is 0 Å². The number of methoxy groups -OCH3 is 1.